The molecule has 0 saturated heterocycles. The molecule has 2 aromatic rings. The van der Waals surface area contributed by atoms with E-state index in [1.54, 1.807) is 0 Å². The fraction of sp³-hybridized carbons (Fsp3) is 0.368. The van der Waals surface area contributed by atoms with Crippen molar-refractivity contribution < 1.29 is 0 Å². The van der Waals surface area contributed by atoms with Crippen molar-refractivity contribution in [2.75, 3.05) is 5.32 Å². The number of fused-ring (bicyclic) bond motifs is 1. The van der Waals surface area contributed by atoms with E-state index in [2.05, 4.69) is 74.6 Å². The number of benzene rings is 2. The monoisotopic (exact) mass is 265 g/mol. The number of hydrogen-bond donors (Lipinski definition) is 1. The van der Waals surface area contributed by atoms with Crippen molar-refractivity contribution in [2.24, 2.45) is 0 Å². The molecule has 0 bridgehead atoms. The first-order chi connectivity index (χ1) is 9.56. The van der Waals surface area contributed by atoms with E-state index in [1.165, 1.54) is 35.2 Å². The van der Waals surface area contributed by atoms with E-state index in [-0.39, 0.29) is 0 Å². The first-order valence-electron chi connectivity index (χ1n) is 7.49. The number of aryl methyl sites for hydroxylation is 1. The zero-order chi connectivity index (χ0) is 14.2. The molecule has 0 fully saturated rings. The number of anilines is 1. The summed E-state index contributed by atoms with van der Waals surface area (Å²) in [6.45, 7) is 6.85. The SMILES string of the molecule is Cc1cccc(NC2CCC(C)(C)c3ccccc32)c1. The summed E-state index contributed by atoms with van der Waals surface area (Å²) in [6.07, 6.45) is 2.42. The minimum Gasteiger partial charge on any atom is -0.378 e. The van der Waals surface area contributed by atoms with Gasteiger partial charge in [0.05, 0.1) is 6.04 Å². The highest BCUT2D eigenvalue weighted by Crippen LogP contribution is 2.42. The molecule has 1 atom stereocenters. The smallest absolute Gasteiger partial charge is 0.0517 e. The van der Waals surface area contributed by atoms with Gasteiger partial charge in [-0.3, -0.25) is 0 Å². The van der Waals surface area contributed by atoms with E-state index in [1.807, 2.05) is 0 Å². The fourth-order valence-electron chi connectivity index (χ4n) is 3.30. The van der Waals surface area contributed by atoms with Crippen LogP contribution in [0.1, 0.15) is 49.4 Å². The van der Waals surface area contributed by atoms with Crippen LogP contribution in [0.4, 0.5) is 5.69 Å². The van der Waals surface area contributed by atoms with E-state index in [0.717, 1.165) is 0 Å². The first kappa shape index (κ1) is 13.2. The molecule has 0 saturated carbocycles. The van der Waals surface area contributed by atoms with Crippen LogP contribution in [0.3, 0.4) is 0 Å². The predicted octanol–water partition coefficient (Wildman–Crippen LogP) is 5.22. The highest BCUT2D eigenvalue weighted by molar-refractivity contribution is 5.50. The molecular formula is C19H23N. The molecule has 2 aromatic carbocycles. The molecule has 1 nitrogen and oxygen atoms in total. The Morgan fingerprint density at radius 1 is 1.05 bits per heavy atom. The standard InChI is InChI=1S/C19H23N/c1-14-7-6-8-15(13-14)20-18-11-12-19(2,3)17-10-5-4-9-16(17)18/h4-10,13,18,20H,11-12H2,1-3H3. The van der Waals surface area contributed by atoms with Gasteiger partial charge in [0.1, 0.15) is 0 Å². The van der Waals surface area contributed by atoms with E-state index >= 15 is 0 Å². The average molecular weight is 265 g/mol. The summed E-state index contributed by atoms with van der Waals surface area (Å²) in [7, 11) is 0. The lowest BCUT2D eigenvalue weighted by atomic mass is 9.71. The van der Waals surface area contributed by atoms with Crippen molar-refractivity contribution in [3.05, 3.63) is 65.2 Å². The van der Waals surface area contributed by atoms with Crippen LogP contribution in [0.2, 0.25) is 0 Å². The van der Waals surface area contributed by atoms with Crippen LogP contribution >= 0.6 is 0 Å². The Hall–Kier alpha value is -1.76. The highest BCUT2D eigenvalue weighted by atomic mass is 14.9. The van der Waals surface area contributed by atoms with Crippen LogP contribution in [-0.4, -0.2) is 0 Å². The summed E-state index contributed by atoms with van der Waals surface area (Å²) in [4.78, 5) is 0. The average Bonchev–Trinajstić information content (AvgIpc) is 2.43. The Morgan fingerprint density at radius 2 is 1.85 bits per heavy atom. The lowest BCUT2D eigenvalue weighted by Crippen LogP contribution is -2.29. The Kier molecular flexibility index (Phi) is 3.29. The molecule has 3 rings (SSSR count). The summed E-state index contributed by atoms with van der Waals surface area (Å²) < 4.78 is 0. The zero-order valence-electron chi connectivity index (χ0n) is 12.6. The molecule has 1 N–H and O–H groups in total. The van der Waals surface area contributed by atoms with E-state index in [9.17, 15) is 0 Å². The highest BCUT2D eigenvalue weighted by Gasteiger charge is 2.32. The summed E-state index contributed by atoms with van der Waals surface area (Å²) in [5.74, 6) is 0. The van der Waals surface area contributed by atoms with Crippen LogP contribution in [-0.2, 0) is 5.41 Å². The Labute approximate surface area is 122 Å². The van der Waals surface area contributed by atoms with E-state index in [0.29, 0.717) is 11.5 Å². The van der Waals surface area contributed by atoms with Gasteiger partial charge in [0, 0.05) is 5.69 Å². The first-order valence-corrected chi connectivity index (χ1v) is 7.49. The molecule has 0 radical (unpaired) electrons. The van der Waals surface area contributed by atoms with Gasteiger partial charge in [-0.2, -0.15) is 0 Å². The molecule has 0 spiro atoms. The molecule has 1 aliphatic carbocycles. The topological polar surface area (TPSA) is 12.0 Å². The van der Waals surface area contributed by atoms with Gasteiger partial charge in [-0.05, 0) is 54.0 Å². The largest absolute Gasteiger partial charge is 0.378 e. The van der Waals surface area contributed by atoms with Gasteiger partial charge >= 0.3 is 0 Å². The molecule has 1 unspecified atom stereocenters. The van der Waals surface area contributed by atoms with Crippen LogP contribution in [0.25, 0.3) is 0 Å². The predicted molar refractivity (Wildman–Crippen MR) is 86.2 cm³/mol. The summed E-state index contributed by atoms with van der Waals surface area (Å²) in [5.41, 5.74) is 5.78. The Morgan fingerprint density at radius 3 is 2.65 bits per heavy atom. The molecule has 1 aliphatic rings. The second kappa shape index (κ2) is 4.97. The lowest BCUT2D eigenvalue weighted by Gasteiger charge is -2.37. The summed E-state index contributed by atoms with van der Waals surface area (Å²) in [6, 6.07) is 18.0. The third-order valence-electron chi connectivity index (χ3n) is 4.48. The van der Waals surface area contributed by atoms with Crippen molar-refractivity contribution in [2.45, 2.75) is 45.1 Å². The van der Waals surface area contributed by atoms with Crippen LogP contribution in [0.15, 0.2) is 48.5 Å². The second-order valence-corrected chi connectivity index (χ2v) is 6.58. The molecule has 0 heterocycles. The van der Waals surface area contributed by atoms with Crippen molar-refractivity contribution >= 4 is 5.69 Å². The van der Waals surface area contributed by atoms with Gasteiger partial charge in [0.2, 0.25) is 0 Å². The molecule has 1 heteroatoms. The van der Waals surface area contributed by atoms with Crippen LogP contribution < -0.4 is 5.32 Å². The van der Waals surface area contributed by atoms with Gasteiger partial charge in [0.15, 0.2) is 0 Å². The van der Waals surface area contributed by atoms with Crippen molar-refractivity contribution in [3.8, 4) is 0 Å². The van der Waals surface area contributed by atoms with E-state index < -0.39 is 0 Å². The van der Waals surface area contributed by atoms with Gasteiger partial charge < -0.3 is 5.32 Å². The summed E-state index contributed by atoms with van der Waals surface area (Å²) in [5, 5.41) is 3.72. The molecule has 0 amide bonds. The molecular weight excluding hydrogens is 242 g/mol. The quantitative estimate of drug-likeness (QED) is 0.785. The van der Waals surface area contributed by atoms with Gasteiger partial charge in [-0.25, -0.2) is 0 Å². The van der Waals surface area contributed by atoms with Crippen molar-refractivity contribution in [3.63, 3.8) is 0 Å². The lowest BCUT2D eigenvalue weighted by molar-refractivity contribution is 0.406. The number of hydrogen-bond acceptors (Lipinski definition) is 1. The van der Waals surface area contributed by atoms with Gasteiger partial charge in [0.25, 0.3) is 0 Å². The third-order valence-corrected chi connectivity index (χ3v) is 4.48. The van der Waals surface area contributed by atoms with Gasteiger partial charge in [-0.1, -0.05) is 50.2 Å². The molecule has 0 aromatic heterocycles. The summed E-state index contributed by atoms with van der Waals surface area (Å²) >= 11 is 0. The molecule has 0 aliphatic heterocycles. The maximum Gasteiger partial charge on any atom is 0.0517 e. The third kappa shape index (κ3) is 2.45. The maximum atomic E-state index is 3.72. The van der Waals surface area contributed by atoms with Crippen molar-refractivity contribution in [1.29, 1.82) is 0 Å². The second-order valence-electron chi connectivity index (χ2n) is 6.58. The maximum absolute atomic E-state index is 3.72. The Balaban J connectivity index is 1.92. The van der Waals surface area contributed by atoms with Gasteiger partial charge in [-0.15, -0.1) is 0 Å². The van der Waals surface area contributed by atoms with Crippen molar-refractivity contribution in [1.82, 2.24) is 0 Å². The minimum absolute atomic E-state index is 0.293. The fourth-order valence-corrected chi connectivity index (χ4v) is 3.30. The molecule has 104 valence electrons. The number of nitrogens with one attached hydrogen (secondary N) is 1. The zero-order valence-corrected chi connectivity index (χ0v) is 12.6. The van der Waals surface area contributed by atoms with Crippen LogP contribution in [0, 0.1) is 6.92 Å². The Bertz CT molecular complexity index is 613. The molecule has 20 heavy (non-hydrogen) atoms. The number of rotatable bonds is 2. The normalized spacial score (nSPS) is 20.2. The van der Waals surface area contributed by atoms with Crippen LogP contribution in [0.5, 0.6) is 0 Å². The minimum atomic E-state index is 0.293. The van der Waals surface area contributed by atoms with E-state index in [4.69, 9.17) is 0 Å².